The van der Waals surface area contributed by atoms with E-state index >= 15 is 0 Å². The number of nitrogens with one attached hydrogen (secondary N) is 1. The molecule has 4 aromatic rings. The molecule has 0 amide bonds. The van der Waals surface area contributed by atoms with Gasteiger partial charge in [0.05, 0.1) is 18.4 Å². The predicted octanol–water partition coefficient (Wildman–Crippen LogP) is 2.66. The van der Waals surface area contributed by atoms with E-state index in [0.29, 0.717) is 27.5 Å². The summed E-state index contributed by atoms with van der Waals surface area (Å²) in [5, 5.41) is 9.41. The largest absolute Gasteiger partial charge is 0.496 e. The maximum Gasteiger partial charge on any atom is 0.348 e. The van der Waals surface area contributed by atoms with E-state index in [1.54, 1.807) is 54.6 Å². The highest BCUT2D eigenvalue weighted by molar-refractivity contribution is 7.18. The first-order valence-corrected chi connectivity index (χ1v) is 10.1. The summed E-state index contributed by atoms with van der Waals surface area (Å²) in [7, 11) is 1.49. The number of carboxylic acids is 1. The second-order valence-electron chi connectivity index (χ2n) is 6.65. The zero-order valence-corrected chi connectivity index (χ0v) is 17.5. The molecule has 2 heterocycles. The number of aromatic carboxylic acids is 1. The van der Waals surface area contributed by atoms with Crippen molar-refractivity contribution < 1.29 is 24.2 Å². The number of carbonyl (C=O) groups is 2. The van der Waals surface area contributed by atoms with Crippen molar-refractivity contribution in [2.45, 2.75) is 0 Å². The van der Waals surface area contributed by atoms with Gasteiger partial charge in [0.2, 0.25) is 5.78 Å². The van der Waals surface area contributed by atoms with Gasteiger partial charge < -0.3 is 14.6 Å². The van der Waals surface area contributed by atoms with Gasteiger partial charge in [-0.1, -0.05) is 12.1 Å². The molecule has 2 N–H and O–H groups in total. The smallest absolute Gasteiger partial charge is 0.348 e. The Balaban J connectivity index is 1.47. The van der Waals surface area contributed by atoms with Crippen molar-refractivity contribution in [3.8, 4) is 21.9 Å². The van der Waals surface area contributed by atoms with Crippen LogP contribution >= 0.6 is 11.3 Å². The first-order valence-electron chi connectivity index (χ1n) is 9.30. The number of carboxylic acid groups (broad SMARTS) is 1. The molecule has 0 radical (unpaired) electrons. The van der Waals surface area contributed by atoms with Gasteiger partial charge in [0.1, 0.15) is 16.4 Å². The van der Waals surface area contributed by atoms with Crippen LogP contribution in [0.3, 0.4) is 0 Å². The van der Waals surface area contributed by atoms with Gasteiger partial charge in [-0.3, -0.25) is 19.8 Å². The number of anilines is 1. The first-order chi connectivity index (χ1) is 15.4. The topological polar surface area (TPSA) is 124 Å². The fourth-order valence-corrected chi connectivity index (χ4v) is 3.90. The highest BCUT2D eigenvalue weighted by Gasteiger charge is 2.22. The van der Waals surface area contributed by atoms with Gasteiger partial charge >= 0.3 is 17.1 Å². The Labute approximate surface area is 184 Å². The third kappa shape index (κ3) is 4.16. The molecule has 0 bridgehead atoms. The van der Waals surface area contributed by atoms with E-state index in [2.05, 4.69) is 5.43 Å². The number of hydrogen-bond acceptors (Lipinski definition) is 8. The molecule has 0 unspecified atom stereocenters. The number of nitrogens with zero attached hydrogens (tertiary/aromatic N) is 1. The standard InChI is InChI=1S/C22H16N2O7S/c1-30-17-5-3-2-4-14(17)16(25)11-31-13-8-6-12(7-9-13)18-10-15(19(32-18)22(28)29)23-24-20(26)21(24)27/h2-10,23H,11H2,1H3,(H,28,29). The minimum absolute atomic E-state index is 0.0322. The summed E-state index contributed by atoms with van der Waals surface area (Å²) in [4.78, 5) is 46.9. The lowest BCUT2D eigenvalue weighted by molar-refractivity contribution is 0.0702. The van der Waals surface area contributed by atoms with Gasteiger partial charge in [-0.2, -0.15) is 4.68 Å². The fraction of sp³-hybridized carbons (Fsp3) is 0.0909. The summed E-state index contributed by atoms with van der Waals surface area (Å²) in [6.07, 6.45) is 0. The van der Waals surface area contributed by atoms with Crippen molar-refractivity contribution in [2.24, 2.45) is 0 Å². The van der Waals surface area contributed by atoms with Crippen LogP contribution in [-0.4, -0.2) is 35.3 Å². The van der Waals surface area contributed by atoms with Gasteiger partial charge in [-0.25, -0.2) is 4.79 Å². The number of aromatic nitrogens is 1. The van der Waals surface area contributed by atoms with Crippen LogP contribution < -0.4 is 26.0 Å². The van der Waals surface area contributed by atoms with Crippen molar-refractivity contribution in [1.29, 1.82) is 0 Å². The Morgan fingerprint density at radius 3 is 2.38 bits per heavy atom. The van der Waals surface area contributed by atoms with Crippen molar-refractivity contribution in [1.82, 2.24) is 4.68 Å². The van der Waals surface area contributed by atoms with Crippen LogP contribution in [0.25, 0.3) is 10.4 Å². The lowest BCUT2D eigenvalue weighted by Gasteiger charge is -2.09. The molecule has 2 aromatic heterocycles. The van der Waals surface area contributed by atoms with E-state index in [4.69, 9.17) is 9.47 Å². The number of ketones is 1. The molecule has 0 aliphatic carbocycles. The monoisotopic (exact) mass is 452 g/mol. The van der Waals surface area contributed by atoms with E-state index in [1.165, 1.54) is 7.11 Å². The molecule has 162 valence electrons. The number of rotatable bonds is 9. The molecule has 4 rings (SSSR count). The molecule has 9 nitrogen and oxygen atoms in total. The molecular weight excluding hydrogens is 436 g/mol. The number of thiophene rings is 1. The third-order valence-electron chi connectivity index (χ3n) is 4.61. The Bertz CT molecular complexity index is 1350. The zero-order chi connectivity index (χ0) is 22.8. The van der Waals surface area contributed by atoms with Crippen LogP contribution in [-0.2, 0) is 0 Å². The molecule has 32 heavy (non-hydrogen) atoms. The van der Waals surface area contributed by atoms with Crippen LogP contribution in [0.2, 0.25) is 0 Å². The predicted molar refractivity (Wildman–Crippen MR) is 118 cm³/mol. The molecule has 0 spiro atoms. The van der Waals surface area contributed by atoms with E-state index in [9.17, 15) is 24.3 Å². The molecule has 0 atom stereocenters. The van der Waals surface area contributed by atoms with Crippen LogP contribution in [0, 0.1) is 0 Å². The SMILES string of the molecule is COc1ccccc1C(=O)COc1ccc(-c2cc(Nn3c(=O)c3=O)c(C(=O)O)s2)cc1. The first kappa shape index (κ1) is 21.1. The Morgan fingerprint density at radius 2 is 1.75 bits per heavy atom. The Hall–Kier alpha value is -4.18. The molecule has 10 heteroatoms. The maximum atomic E-state index is 12.4. The summed E-state index contributed by atoms with van der Waals surface area (Å²) in [6.45, 7) is -0.173. The lowest BCUT2D eigenvalue weighted by Crippen LogP contribution is -2.12. The average Bonchev–Trinajstić information content (AvgIpc) is 3.17. The fourth-order valence-electron chi connectivity index (χ4n) is 2.95. The summed E-state index contributed by atoms with van der Waals surface area (Å²) in [5.74, 6) is -0.476. The molecule has 0 fully saturated rings. The van der Waals surface area contributed by atoms with E-state index in [-0.39, 0.29) is 23.0 Å². The highest BCUT2D eigenvalue weighted by Crippen LogP contribution is 2.35. The van der Waals surface area contributed by atoms with Gasteiger partial charge in [-0.15, -0.1) is 11.3 Å². The van der Waals surface area contributed by atoms with Crippen molar-refractivity contribution >= 4 is 28.8 Å². The minimum atomic E-state index is -1.18. The molecule has 0 saturated heterocycles. The van der Waals surface area contributed by atoms with Crippen LogP contribution in [0.15, 0.2) is 64.2 Å². The van der Waals surface area contributed by atoms with Gasteiger partial charge in [0.25, 0.3) is 0 Å². The number of ether oxygens (including phenoxy) is 2. The zero-order valence-electron chi connectivity index (χ0n) is 16.7. The lowest BCUT2D eigenvalue weighted by atomic mass is 10.1. The second kappa shape index (κ2) is 8.52. The van der Waals surface area contributed by atoms with Crippen LogP contribution in [0.1, 0.15) is 20.0 Å². The van der Waals surface area contributed by atoms with Crippen LogP contribution in [0.5, 0.6) is 11.5 Å². The van der Waals surface area contributed by atoms with Crippen LogP contribution in [0.4, 0.5) is 5.69 Å². The van der Waals surface area contributed by atoms with E-state index in [0.717, 1.165) is 16.0 Å². The number of hydrogen-bond donors (Lipinski definition) is 2. The second-order valence-corrected chi connectivity index (χ2v) is 7.70. The molecule has 0 saturated carbocycles. The normalized spacial score (nSPS) is 10.8. The molecule has 0 aliphatic heterocycles. The Kier molecular flexibility index (Phi) is 5.61. The van der Waals surface area contributed by atoms with Gasteiger partial charge in [-0.05, 0) is 48.0 Å². The minimum Gasteiger partial charge on any atom is -0.496 e. The number of Topliss-reactive ketones (excluding diaryl/α,β-unsaturated/α-hetero) is 1. The average molecular weight is 452 g/mol. The van der Waals surface area contributed by atoms with Gasteiger partial charge in [0.15, 0.2) is 6.61 Å². The number of para-hydroxylation sites is 1. The summed E-state index contributed by atoms with van der Waals surface area (Å²) in [5.41, 5.74) is 2.35. The number of methoxy groups -OCH3 is 1. The van der Waals surface area contributed by atoms with Crippen molar-refractivity contribution in [3.63, 3.8) is 0 Å². The number of carbonyl (C=O) groups excluding carboxylic acids is 1. The third-order valence-corrected chi connectivity index (χ3v) is 5.79. The molecular formula is C22H16N2O7S. The van der Waals surface area contributed by atoms with E-state index < -0.39 is 17.1 Å². The quantitative estimate of drug-likeness (QED) is 0.293. The summed E-state index contributed by atoms with van der Waals surface area (Å²) >= 11 is 0.998. The summed E-state index contributed by atoms with van der Waals surface area (Å²) < 4.78 is 11.5. The van der Waals surface area contributed by atoms with Crippen molar-refractivity contribution in [3.05, 3.63) is 85.7 Å². The highest BCUT2D eigenvalue weighted by atomic mass is 32.1. The molecule has 2 aromatic carbocycles. The number of benzene rings is 2. The van der Waals surface area contributed by atoms with Crippen molar-refractivity contribution in [2.75, 3.05) is 19.1 Å². The molecule has 0 aliphatic rings. The van der Waals surface area contributed by atoms with Gasteiger partial charge in [0, 0.05) is 4.88 Å². The summed E-state index contributed by atoms with van der Waals surface area (Å²) in [6, 6.07) is 15.2. The van der Waals surface area contributed by atoms with E-state index in [1.807, 2.05) is 0 Å². The maximum absolute atomic E-state index is 12.4. The Morgan fingerprint density at radius 1 is 1.06 bits per heavy atom.